The monoisotopic (exact) mass is 619 g/mol. The average molecular weight is 620 g/mol. The number of aromatic nitrogens is 4. The second kappa shape index (κ2) is 12.5. The van der Waals surface area contributed by atoms with Gasteiger partial charge in [0.15, 0.2) is 0 Å². The Morgan fingerprint density at radius 1 is 0.822 bits per heavy atom. The third-order valence-electron chi connectivity index (χ3n) is 8.47. The molecule has 10 nitrogen and oxygen atoms in total. The van der Waals surface area contributed by atoms with Crippen LogP contribution in [-0.4, -0.2) is 102 Å². The minimum Gasteiger partial charge on any atom is -0.369 e. The van der Waals surface area contributed by atoms with E-state index in [0.29, 0.717) is 30.2 Å². The second-order valence-electron chi connectivity index (χ2n) is 11.8. The maximum Gasteiger partial charge on any atom is 0.416 e. The maximum absolute atomic E-state index is 13.8. The molecular formula is C32H36F3N9O. The molecule has 2 aromatic heterocycles. The molecule has 236 valence electrons. The molecule has 13 heteroatoms. The van der Waals surface area contributed by atoms with Crippen molar-refractivity contribution < 1.29 is 18.0 Å². The van der Waals surface area contributed by atoms with Gasteiger partial charge in [-0.15, -0.1) is 5.10 Å². The van der Waals surface area contributed by atoms with Crippen LogP contribution < -0.4 is 15.1 Å². The van der Waals surface area contributed by atoms with Crippen LogP contribution in [0.2, 0.25) is 0 Å². The number of aryl methyl sites for hydroxylation is 1. The first-order chi connectivity index (χ1) is 21.5. The van der Waals surface area contributed by atoms with Gasteiger partial charge in [0.2, 0.25) is 0 Å². The zero-order chi connectivity index (χ0) is 31.7. The fraction of sp³-hybridized carbons (Fsp3) is 0.375. The van der Waals surface area contributed by atoms with Crippen molar-refractivity contribution in [3.63, 3.8) is 0 Å². The summed E-state index contributed by atoms with van der Waals surface area (Å²) < 4.78 is 43.0. The van der Waals surface area contributed by atoms with Crippen molar-refractivity contribution in [1.82, 2.24) is 29.8 Å². The minimum atomic E-state index is -4.55. The molecule has 4 aromatic rings. The lowest BCUT2D eigenvalue weighted by Gasteiger charge is -2.34. The predicted octanol–water partition coefficient (Wildman–Crippen LogP) is 4.41. The Morgan fingerprint density at radius 2 is 1.49 bits per heavy atom. The number of halogens is 3. The van der Waals surface area contributed by atoms with Crippen LogP contribution >= 0.6 is 0 Å². The number of nitrogens with zero attached hydrogens (tertiary/aromatic N) is 8. The molecule has 6 rings (SSSR count). The lowest BCUT2D eigenvalue weighted by Crippen LogP contribution is -2.44. The molecule has 4 heterocycles. The van der Waals surface area contributed by atoms with Gasteiger partial charge in [-0.3, -0.25) is 9.78 Å². The summed E-state index contributed by atoms with van der Waals surface area (Å²) in [5.41, 5.74) is 3.95. The Labute approximate surface area is 260 Å². The Hall–Kier alpha value is -4.49. The number of amides is 1. The largest absolute Gasteiger partial charge is 0.416 e. The number of hydrogen-bond acceptors (Lipinski definition) is 8. The molecule has 45 heavy (non-hydrogen) atoms. The van der Waals surface area contributed by atoms with Gasteiger partial charge in [0.25, 0.3) is 5.91 Å². The van der Waals surface area contributed by atoms with E-state index in [9.17, 15) is 18.0 Å². The molecule has 0 unspecified atom stereocenters. The summed E-state index contributed by atoms with van der Waals surface area (Å²) in [5.74, 6) is -0.524. The van der Waals surface area contributed by atoms with Crippen molar-refractivity contribution in [2.75, 3.05) is 81.6 Å². The van der Waals surface area contributed by atoms with E-state index in [4.69, 9.17) is 0 Å². The number of benzene rings is 2. The topological polar surface area (TPSA) is 85.7 Å². The number of pyridine rings is 1. The molecule has 0 aliphatic carbocycles. The van der Waals surface area contributed by atoms with Gasteiger partial charge in [-0.2, -0.15) is 13.2 Å². The van der Waals surface area contributed by atoms with E-state index < -0.39 is 17.6 Å². The molecule has 0 bridgehead atoms. The van der Waals surface area contributed by atoms with Crippen LogP contribution in [0.4, 0.5) is 30.2 Å². The first kappa shape index (κ1) is 30.5. The average Bonchev–Trinajstić information content (AvgIpc) is 3.52. The number of carbonyl (C=O) groups is 1. The Balaban J connectivity index is 1.23. The first-order valence-electron chi connectivity index (χ1n) is 14.9. The molecule has 0 saturated carbocycles. The number of anilines is 3. The summed E-state index contributed by atoms with van der Waals surface area (Å²) in [6.45, 7) is 8.37. The summed E-state index contributed by atoms with van der Waals surface area (Å²) in [5, 5.41) is 11.4. The van der Waals surface area contributed by atoms with Crippen LogP contribution in [0.5, 0.6) is 0 Å². The zero-order valence-corrected chi connectivity index (χ0v) is 25.6. The van der Waals surface area contributed by atoms with Crippen molar-refractivity contribution in [3.8, 4) is 16.9 Å². The summed E-state index contributed by atoms with van der Waals surface area (Å²) in [4.78, 5) is 26.4. The van der Waals surface area contributed by atoms with Crippen LogP contribution in [0.15, 0.2) is 61.1 Å². The third kappa shape index (κ3) is 6.94. The van der Waals surface area contributed by atoms with E-state index in [1.807, 2.05) is 25.1 Å². The molecule has 1 N–H and O–H groups in total. The predicted molar refractivity (Wildman–Crippen MR) is 168 cm³/mol. The van der Waals surface area contributed by atoms with E-state index in [1.54, 1.807) is 41.3 Å². The summed E-state index contributed by atoms with van der Waals surface area (Å²) >= 11 is 0. The number of hydrogen-bond donors (Lipinski definition) is 1. The molecule has 2 fully saturated rings. The van der Waals surface area contributed by atoms with E-state index in [2.05, 4.69) is 48.4 Å². The lowest BCUT2D eigenvalue weighted by atomic mass is 10.1. The summed E-state index contributed by atoms with van der Waals surface area (Å²) in [6.07, 6.45) is 0.827. The standard InChI is InChI=1S/C32H36F3N9O/c1-22-4-5-23(31(45)37-26-16-25(32(33,34)35)17-27(18-26)42-10-6-40(2)7-11-42)15-30(22)44-21-29(38-39-44)24-14-28(20-36-19-24)43-12-8-41(3)9-13-43/h4-5,14-21H,6-13H2,1-3H3,(H,37,45). The molecule has 0 radical (unpaired) electrons. The highest BCUT2D eigenvalue weighted by Gasteiger charge is 2.32. The van der Waals surface area contributed by atoms with Crippen LogP contribution in [0.25, 0.3) is 16.9 Å². The number of piperazine rings is 2. The van der Waals surface area contributed by atoms with E-state index in [-0.39, 0.29) is 11.3 Å². The fourth-order valence-corrected chi connectivity index (χ4v) is 5.61. The number of nitrogens with one attached hydrogen (secondary N) is 1. The molecule has 2 aromatic carbocycles. The SMILES string of the molecule is Cc1ccc(C(=O)Nc2cc(N3CCN(C)CC3)cc(C(F)(F)F)c2)cc1-n1cc(-c2cncc(N3CCN(C)CC3)c2)nn1. The van der Waals surface area contributed by atoms with Crippen LogP contribution in [-0.2, 0) is 6.18 Å². The zero-order valence-electron chi connectivity index (χ0n) is 25.6. The molecule has 0 spiro atoms. The highest BCUT2D eigenvalue weighted by atomic mass is 19.4. The van der Waals surface area contributed by atoms with Crippen LogP contribution in [0.1, 0.15) is 21.5 Å². The van der Waals surface area contributed by atoms with Crippen molar-refractivity contribution in [1.29, 1.82) is 0 Å². The molecular weight excluding hydrogens is 583 g/mol. The maximum atomic E-state index is 13.8. The highest BCUT2D eigenvalue weighted by Crippen LogP contribution is 2.35. The number of rotatable bonds is 6. The molecule has 0 atom stereocenters. The molecule has 2 saturated heterocycles. The highest BCUT2D eigenvalue weighted by molar-refractivity contribution is 6.05. The quantitative estimate of drug-likeness (QED) is 0.340. The van der Waals surface area contributed by atoms with Crippen LogP contribution in [0.3, 0.4) is 0 Å². The van der Waals surface area contributed by atoms with E-state index in [0.717, 1.165) is 68.2 Å². The van der Waals surface area contributed by atoms with Gasteiger partial charge in [0, 0.05) is 81.1 Å². The Morgan fingerprint density at radius 3 is 2.16 bits per heavy atom. The number of alkyl halides is 3. The number of likely N-dealkylation sites (N-methyl/N-ethyl adjacent to an activating group) is 2. The minimum absolute atomic E-state index is 0.0849. The van der Waals surface area contributed by atoms with Gasteiger partial charge in [-0.25, -0.2) is 4.68 Å². The second-order valence-corrected chi connectivity index (χ2v) is 11.8. The smallest absolute Gasteiger partial charge is 0.369 e. The van der Waals surface area contributed by atoms with Gasteiger partial charge in [-0.05, 0) is 63.0 Å². The third-order valence-corrected chi connectivity index (χ3v) is 8.47. The van der Waals surface area contributed by atoms with Gasteiger partial charge in [0.05, 0.1) is 29.3 Å². The van der Waals surface area contributed by atoms with E-state index >= 15 is 0 Å². The number of carbonyl (C=O) groups excluding carboxylic acids is 1. The lowest BCUT2D eigenvalue weighted by molar-refractivity contribution is -0.137. The van der Waals surface area contributed by atoms with Crippen molar-refractivity contribution in [2.45, 2.75) is 13.1 Å². The van der Waals surface area contributed by atoms with Gasteiger partial charge < -0.3 is 24.9 Å². The van der Waals surface area contributed by atoms with Crippen molar-refractivity contribution in [2.24, 2.45) is 0 Å². The fourth-order valence-electron chi connectivity index (χ4n) is 5.61. The summed E-state index contributed by atoms with van der Waals surface area (Å²) in [6, 6.07) is 10.9. The van der Waals surface area contributed by atoms with Gasteiger partial charge in [-0.1, -0.05) is 11.3 Å². The Bertz CT molecular complexity index is 1670. The van der Waals surface area contributed by atoms with Gasteiger partial charge in [0.1, 0.15) is 5.69 Å². The van der Waals surface area contributed by atoms with E-state index in [1.165, 1.54) is 0 Å². The van der Waals surface area contributed by atoms with Crippen LogP contribution in [0, 0.1) is 6.92 Å². The molecule has 1 amide bonds. The van der Waals surface area contributed by atoms with Crippen molar-refractivity contribution >= 4 is 23.0 Å². The summed E-state index contributed by atoms with van der Waals surface area (Å²) in [7, 11) is 4.09. The first-order valence-corrected chi connectivity index (χ1v) is 14.9. The normalized spacial score (nSPS) is 16.7. The van der Waals surface area contributed by atoms with Gasteiger partial charge >= 0.3 is 6.18 Å². The van der Waals surface area contributed by atoms with Crippen molar-refractivity contribution in [3.05, 3.63) is 77.7 Å². The molecule has 2 aliphatic heterocycles. The Kier molecular flexibility index (Phi) is 8.47. The molecule has 2 aliphatic rings.